The summed E-state index contributed by atoms with van der Waals surface area (Å²) in [5.74, 6) is -3.98. The van der Waals surface area contributed by atoms with Gasteiger partial charge in [0.1, 0.15) is 6.54 Å². The van der Waals surface area contributed by atoms with Gasteiger partial charge in [-0.3, -0.25) is 24.1 Å². The van der Waals surface area contributed by atoms with Crippen LogP contribution in [0.4, 0.5) is 0 Å². The molecule has 0 unspecified atom stereocenters. The first-order chi connectivity index (χ1) is 8.49. The number of hydroxylamine groups is 2. The molecule has 0 spiro atoms. The molecule has 18 heavy (non-hydrogen) atoms. The maximum Gasteiger partial charge on any atom is 0.352 e. The summed E-state index contributed by atoms with van der Waals surface area (Å²) in [6, 6.07) is 0. The summed E-state index contributed by atoms with van der Waals surface area (Å²) >= 11 is 0. The maximum atomic E-state index is 11.4. The van der Waals surface area contributed by atoms with Gasteiger partial charge in [-0.05, 0) is 0 Å². The smallest absolute Gasteiger partial charge is 0.328 e. The molecular weight excluding hydrogens is 244 g/mol. The number of rotatable bonds is 3. The van der Waals surface area contributed by atoms with Crippen LogP contribution in [0.25, 0.3) is 0 Å². The van der Waals surface area contributed by atoms with Crippen LogP contribution in [0, 0.1) is 0 Å². The molecule has 2 aliphatic rings. The van der Waals surface area contributed by atoms with Gasteiger partial charge in [0.05, 0.1) is 0 Å². The van der Waals surface area contributed by atoms with E-state index >= 15 is 0 Å². The average Bonchev–Trinajstić information content (AvgIpc) is 2.79. The molecule has 0 aromatic carbocycles. The molecule has 0 aromatic heterocycles. The van der Waals surface area contributed by atoms with Gasteiger partial charge in [0, 0.05) is 24.3 Å². The van der Waals surface area contributed by atoms with Crippen LogP contribution in [-0.4, -0.2) is 46.1 Å². The highest BCUT2D eigenvalue weighted by Gasteiger charge is 2.31. The molecule has 0 atom stereocenters. The fourth-order valence-electron chi connectivity index (χ4n) is 1.32. The fraction of sp³-hybridized carbons (Fsp3) is 0.100. The van der Waals surface area contributed by atoms with Crippen LogP contribution >= 0.6 is 0 Å². The Hall–Kier alpha value is -2.77. The van der Waals surface area contributed by atoms with E-state index < -0.39 is 36.1 Å². The third-order valence-corrected chi connectivity index (χ3v) is 2.15. The van der Waals surface area contributed by atoms with Gasteiger partial charge in [-0.1, -0.05) is 5.06 Å². The van der Waals surface area contributed by atoms with Crippen LogP contribution in [0.3, 0.4) is 0 Å². The van der Waals surface area contributed by atoms with Crippen molar-refractivity contribution in [1.82, 2.24) is 9.96 Å². The summed E-state index contributed by atoms with van der Waals surface area (Å²) in [4.78, 5) is 60.9. The number of imide groups is 2. The highest BCUT2D eigenvalue weighted by Crippen LogP contribution is 2.07. The van der Waals surface area contributed by atoms with Crippen molar-refractivity contribution in [2.45, 2.75) is 0 Å². The zero-order valence-corrected chi connectivity index (χ0v) is 8.86. The van der Waals surface area contributed by atoms with Gasteiger partial charge in [0.25, 0.3) is 23.6 Å². The number of hydrogen-bond acceptors (Lipinski definition) is 6. The van der Waals surface area contributed by atoms with Crippen LogP contribution in [0.2, 0.25) is 0 Å². The first kappa shape index (κ1) is 11.7. The van der Waals surface area contributed by atoms with Crippen molar-refractivity contribution >= 4 is 29.6 Å². The highest BCUT2D eigenvalue weighted by molar-refractivity contribution is 6.15. The highest BCUT2D eigenvalue weighted by atomic mass is 16.7. The predicted molar refractivity (Wildman–Crippen MR) is 52.9 cm³/mol. The van der Waals surface area contributed by atoms with Crippen molar-refractivity contribution in [3.05, 3.63) is 24.3 Å². The Morgan fingerprint density at radius 2 is 1.33 bits per heavy atom. The van der Waals surface area contributed by atoms with Gasteiger partial charge < -0.3 is 4.84 Å². The molecule has 0 radical (unpaired) electrons. The molecule has 0 fully saturated rings. The normalized spacial score (nSPS) is 18.2. The van der Waals surface area contributed by atoms with Crippen LogP contribution in [0.15, 0.2) is 24.3 Å². The van der Waals surface area contributed by atoms with E-state index in [2.05, 4.69) is 4.84 Å². The Kier molecular flexibility index (Phi) is 2.76. The van der Waals surface area contributed by atoms with E-state index in [-0.39, 0.29) is 5.06 Å². The predicted octanol–water partition coefficient (Wildman–Crippen LogP) is -1.71. The van der Waals surface area contributed by atoms with E-state index in [0.717, 1.165) is 24.3 Å². The van der Waals surface area contributed by atoms with Crippen LogP contribution in [0.5, 0.6) is 0 Å². The molecule has 92 valence electrons. The molecule has 2 rings (SSSR count). The van der Waals surface area contributed by atoms with Crippen molar-refractivity contribution in [3.8, 4) is 0 Å². The third kappa shape index (κ3) is 2.03. The summed E-state index contributed by atoms with van der Waals surface area (Å²) in [5, 5.41) is 0.251. The molecule has 4 amide bonds. The Labute approximate surface area is 100 Å². The lowest BCUT2D eigenvalue weighted by molar-refractivity contribution is -0.196. The molecule has 0 saturated heterocycles. The second-order valence-corrected chi connectivity index (χ2v) is 3.36. The van der Waals surface area contributed by atoms with Crippen molar-refractivity contribution < 1.29 is 28.8 Å². The lowest BCUT2D eigenvalue weighted by atomic mass is 10.5. The molecule has 0 aromatic rings. The molecule has 2 aliphatic heterocycles. The Morgan fingerprint density at radius 1 is 0.889 bits per heavy atom. The van der Waals surface area contributed by atoms with E-state index in [9.17, 15) is 24.0 Å². The van der Waals surface area contributed by atoms with Gasteiger partial charge in [0.2, 0.25) is 0 Å². The van der Waals surface area contributed by atoms with Crippen LogP contribution in [-0.2, 0) is 28.8 Å². The maximum absolute atomic E-state index is 11.4. The third-order valence-electron chi connectivity index (χ3n) is 2.15. The number of amides is 4. The number of carbonyl (C=O) groups is 5. The van der Waals surface area contributed by atoms with Crippen LogP contribution in [0.1, 0.15) is 0 Å². The summed E-state index contributed by atoms with van der Waals surface area (Å²) < 4.78 is 0. The minimum atomic E-state index is -1.06. The summed E-state index contributed by atoms with van der Waals surface area (Å²) in [5.41, 5.74) is 0. The largest absolute Gasteiger partial charge is 0.352 e. The molecule has 8 nitrogen and oxygen atoms in total. The molecule has 0 N–H and O–H groups in total. The first-order valence-corrected chi connectivity index (χ1v) is 4.79. The van der Waals surface area contributed by atoms with E-state index in [1.165, 1.54) is 0 Å². The van der Waals surface area contributed by atoms with Gasteiger partial charge in [-0.2, -0.15) is 0 Å². The molecule has 0 saturated carbocycles. The minimum absolute atomic E-state index is 0.251. The second kappa shape index (κ2) is 4.24. The Balaban J connectivity index is 1.94. The van der Waals surface area contributed by atoms with Crippen molar-refractivity contribution in [1.29, 1.82) is 0 Å². The topological polar surface area (TPSA) is 101 Å². The van der Waals surface area contributed by atoms with Gasteiger partial charge in [0.15, 0.2) is 0 Å². The number of hydrogen-bond donors (Lipinski definition) is 0. The number of nitrogens with zero attached hydrogens (tertiary/aromatic N) is 2. The molecule has 0 bridgehead atoms. The molecular formula is C10H6N2O6. The SMILES string of the molecule is O=C(CN1C(=O)C=CC1=O)ON1C(=O)C=CC1=O. The Bertz CT molecular complexity index is 450. The van der Waals surface area contributed by atoms with E-state index in [1.54, 1.807) is 0 Å². The molecule has 2 heterocycles. The van der Waals surface area contributed by atoms with E-state index in [4.69, 9.17) is 0 Å². The second-order valence-electron chi connectivity index (χ2n) is 3.36. The van der Waals surface area contributed by atoms with Gasteiger partial charge in [-0.15, -0.1) is 0 Å². The molecule has 0 aliphatic carbocycles. The fourth-order valence-corrected chi connectivity index (χ4v) is 1.32. The van der Waals surface area contributed by atoms with Gasteiger partial charge in [-0.25, -0.2) is 4.79 Å². The van der Waals surface area contributed by atoms with Crippen molar-refractivity contribution in [2.24, 2.45) is 0 Å². The van der Waals surface area contributed by atoms with E-state index in [1.807, 2.05) is 0 Å². The number of carbonyl (C=O) groups excluding carboxylic acids is 5. The van der Waals surface area contributed by atoms with Crippen LogP contribution < -0.4 is 0 Å². The zero-order valence-electron chi connectivity index (χ0n) is 8.86. The summed E-state index contributed by atoms with van der Waals surface area (Å²) in [7, 11) is 0. The summed E-state index contributed by atoms with van der Waals surface area (Å²) in [6.07, 6.45) is 3.87. The van der Waals surface area contributed by atoms with Crippen molar-refractivity contribution in [2.75, 3.05) is 6.54 Å². The average molecular weight is 250 g/mol. The summed E-state index contributed by atoms with van der Waals surface area (Å²) in [6.45, 7) is -0.665. The van der Waals surface area contributed by atoms with Gasteiger partial charge >= 0.3 is 5.97 Å². The standard InChI is InChI=1S/C10H6N2O6/c13-6-1-2-7(14)11(6)5-10(17)18-12-8(15)3-4-9(12)16/h1-4H,5H2. The first-order valence-electron chi connectivity index (χ1n) is 4.79. The monoisotopic (exact) mass is 250 g/mol. The minimum Gasteiger partial charge on any atom is -0.328 e. The quantitative estimate of drug-likeness (QED) is 0.553. The zero-order chi connectivity index (χ0) is 13.3. The Morgan fingerprint density at radius 3 is 1.83 bits per heavy atom. The van der Waals surface area contributed by atoms with E-state index in [0.29, 0.717) is 4.90 Å². The van der Waals surface area contributed by atoms with Crippen molar-refractivity contribution in [3.63, 3.8) is 0 Å². The molecule has 8 heteroatoms. The lowest BCUT2D eigenvalue weighted by Crippen LogP contribution is -2.40. The lowest BCUT2D eigenvalue weighted by Gasteiger charge is -2.16.